The minimum absolute atomic E-state index is 0.113. The van der Waals surface area contributed by atoms with Crippen molar-refractivity contribution >= 4 is 62.8 Å². The Morgan fingerprint density at radius 1 is 0.871 bits per heavy atom. The van der Waals surface area contributed by atoms with Crippen LogP contribution in [-0.2, 0) is 35.8 Å². The molecule has 0 unspecified atom stereocenters. The smallest absolute Gasteiger partial charge is 0.333 e. The number of aryl methyl sites for hydroxylation is 4. The van der Waals surface area contributed by atoms with Crippen LogP contribution < -0.4 is 21.7 Å². The number of imidazole rings is 1. The topological polar surface area (TPSA) is 251 Å². The van der Waals surface area contributed by atoms with E-state index in [1.54, 1.807) is 47.6 Å². The summed E-state index contributed by atoms with van der Waals surface area (Å²) >= 11 is 0. The van der Waals surface area contributed by atoms with E-state index in [0.29, 0.717) is 76.6 Å². The lowest BCUT2D eigenvalue weighted by atomic mass is 10.1. The second-order valence-electron chi connectivity index (χ2n) is 14.4. The van der Waals surface area contributed by atoms with E-state index in [1.807, 2.05) is 48.2 Å². The lowest BCUT2D eigenvalue weighted by Gasteiger charge is -2.17. The number of amides is 3. The Kier molecular flexibility index (Phi) is 12.5. The van der Waals surface area contributed by atoms with Crippen LogP contribution in [0.15, 0.2) is 54.9 Å². The Morgan fingerprint density at radius 2 is 1.60 bits per heavy atom. The average Bonchev–Trinajstić information content (AvgIpc) is 4.01. The molecule has 0 radical (unpaired) electrons. The highest BCUT2D eigenvalue weighted by atomic mass is 19.1. The molecule has 0 aliphatic heterocycles. The molecule has 322 valence electrons. The summed E-state index contributed by atoms with van der Waals surface area (Å²) in [6.07, 6.45) is 6.95. The first kappa shape index (κ1) is 42.7. The van der Waals surface area contributed by atoms with E-state index < -0.39 is 17.9 Å². The number of carbonyl (C=O) groups is 4. The number of ether oxygens (including phenoxy) is 1. The van der Waals surface area contributed by atoms with Crippen LogP contribution in [-0.4, -0.2) is 104 Å². The third-order valence-electron chi connectivity index (χ3n) is 10.1. The van der Waals surface area contributed by atoms with Crippen molar-refractivity contribution in [2.45, 2.75) is 60.3 Å². The van der Waals surface area contributed by atoms with Gasteiger partial charge in [0, 0.05) is 68.5 Å². The largest absolute Gasteiger partial charge is 0.491 e. The van der Waals surface area contributed by atoms with Gasteiger partial charge in [-0.15, -0.1) is 0 Å². The Bertz CT molecular complexity index is 2890. The third kappa shape index (κ3) is 8.61. The second-order valence-corrected chi connectivity index (χ2v) is 14.4. The molecule has 0 fully saturated rings. The zero-order chi connectivity index (χ0) is 44.2. The molecule has 0 atom stereocenters. The molecule has 6 aromatic heterocycles. The summed E-state index contributed by atoms with van der Waals surface area (Å²) in [6, 6.07) is 6.42. The van der Waals surface area contributed by atoms with E-state index in [1.165, 1.54) is 11.0 Å². The van der Waals surface area contributed by atoms with Gasteiger partial charge in [0.15, 0.2) is 11.5 Å². The summed E-state index contributed by atoms with van der Waals surface area (Å²) in [4.78, 5) is 74.5. The van der Waals surface area contributed by atoms with E-state index in [0.717, 1.165) is 17.6 Å². The molecule has 0 spiro atoms. The summed E-state index contributed by atoms with van der Waals surface area (Å²) in [6.45, 7) is 9.17. The first-order valence-corrected chi connectivity index (χ1v) is 19.7. The number of allylic oxidation sites excluding steroid dienone is 2. The van der Waals surface area contributed by atoms with Gasteiger partial charge >= 0.3 is 6.04 Å². The zero-order valence-corrected chi connectivity index (χ0v) is 34.8. The van der Waals surface area contributed by atoms with E-state index >= 15 is 0 Å². The fraction of sp³-hybridized carbons (Fsp3) is 0.317. The minimum atomic E-state index is -1.67. The number of carbonyl (C=O) groups excluding carboxylic acids is 4. The van der Waals surface area contributed by atoms with Crippen molar-refractivity contribution < 1.29 is 33.1 Å². The summed E-state index contributed by atoms with van der Waals surface area (Å²) < 4.78 is 27.0. The van der Waals surface area contributed by atoms with Crippen LogP contribution in [0.5, 0.6) is 5.75 Å². The van der Waals surface area contributed by atoms with Crippen molar-refractivity contribution in [1.82, 2.24) is 53.5 Å². The number of hydrogen-bond donors (Lipinski definition) is 3. The first-order chi connectivity index (χ1) is 29.8. The number of anilines is 1. The number of halogens is 1. The standard InChI is InChI=1S/C41H45FN14O6/c1-6-55-30(15-23(3)50-55)37-45-21-28-27-17-25(36(43)59)19-32(61-14-10-11-52(5)33(57)22-62-44)34(27)53(38(28)48-37)12-8-9-13-54-39-29(18-26(20-46-39)35(42)58)47-41(54)49-40(60)31-16-24(4)51-56(31)7-2/h8-9,15-21H,6-7,10-14,22,44H2,1-5H3,(H2,43,59)(H,47,49,60)/b9-8+. The summed E-state index contributed by atoms with van der Waals surface area (Å²) in [7, 11) is 1.63. The van der Waals surface area contributed by atoms with Gasteiger partial charge in [-0.2, -0.15) is 14.6 Å². The number of nitrogens with zero attached hydrogens (tertiary/aromatic N) is 11. The number of primary amides is 1. The molecule has 0 saturated heterocycles. The molecule has 0 bridgehead atoms. The lowest BCUT2D eigenvalue weighted by Crippen LogP contribution is -2.32. The Balaban J connectivity index is 1.28. The maximum atomic E-state index is 13.7. The van der Waals surface area contributed by atoms with Crippen LogP contribution in [0.3, 0.4) is 0 Å². The van der Waals surface area contributed by atoms with Gasteiger partial charge in [-0.3, -0.25) is 43.3 Å². The van der Waals surface area contributed by atoms with Crippen molar-refractivity contribution in [3.05, 3.63) is 83.1 Å². The Hall–Kier alpha value is -7.39. The molecule has 7 rings (SSSR count). The number of fused-ring (bicyclic) bond motifs is 4. The average molecular weight is 849 g/mol. The Labute approximate surface area is 353 Å². The van der Waals surface area contributed by atoms with Crippen molar-refractivity contribution in [1.29, 1.82) is 0 Å². The molecule has 3 amide bonds. The molecular formula is C41H45FN14O6. The number of nitrogens with two attached hydrogens (primary N) is 2. The predicted molar refractivity (Wildman–Crippen MR) is 226 cm³/mol. The highest BCUT2D eigenvalue weighted by Gasteiger charge is 2.23. The van der Waals surface area contributed by atoms with Crippen LogP contribution in [0.2, 0.25) is 0 Å². The quantitative estimate of drug-likeness (QED) is 0.0481. The number of benzene rings is 1. The number of rotatable bonds is 18. The van der Waals surface area contributed by atoms with Crippen molar-refractivity contribution in [2.24, 2.45) is 11.6 Å². The zero-order valence-electron chi connectivity index (χ0n) is 34.8. The van der Waals surface area contributed by atoms with Gasteiger partial charge in [-0.05, 0) is 64.4 Å². The normalized spacial score (nSPS) is 11.7. The molecular weight excluding hydrogens is 804 g/mol. The van der Waals surface area contributed by atoms with Crippen LogP contribution in [0, 0.1) is 13.8 Å². The van der Waals surface area contributed by atoms with Gasteiger partial charge in [0.1, 0.15) is 34.9 Å². The van der Waals surface area contributed by atoms with E-state index in [2.05, 4.69) is 30.3 Å². The van der Waals surface area contributed by atoms with Gasteiger partial charge in [-0.1, -0.05) is 12.2 Å². The predicted octanol–water partition coefficient (Wildman–Crippen LogP) is 3.88. The van der Waals surface area contributed by atoms with Crippen molar-refractivity contribution in [2.75, 3.05) is 32.1 Å². The van der Waals surface area contributed by atoms with Crippen LogP contribution in [0.25, 0.3) is 44.6 Å². The van der Waals surface area contributed by atoms with Crippen LogP contribution in [0.4, 0.5) is 10.3 Å². The molecule has 20 nitrogen and oxygen atoms in total. The molecule has 1 aromatic carbocycles. The number of nitrogens with one attached hydrogen (secondary N) is 1. The SMILES string of the molecule is CCn1nc(C)cc1C(=O)Nc1nc2cc(C(=O)F)cnc2n1C/C=C/Cn1c2nc(-c3cc(C)nn3CC)ncc2c2cc(C(N)=O)cc(OCCCN(C)C(=O)CON)c21. The molecule has 5 N–H and O–H groups in total. The second kappa shape index (κ2) is 18.1. The van der Waals surface area contributed by atoms with E-state index in [9.17, 15) is 23.6 Å². The number of aromatic nitrogens is 10. The van der Waals surface area contributed by atoms with Gasteiger partial charge in [0.25, 0.3) is 5.91 Å². The monoisotopic (exact) mass is 848 g/mol. The highest BCUT2D eigenvalue weighted by Crippen LogP contribution is 2.36. The van der Waals surface area contributed by atoms with Crippen molar-refractivity contribution in [3.63, 3.8) is 0 Å². The first-order valence-electron chi connectivity index (χ1n) is 19.7. The molecule has 21 heteroatoms. The van der Waals surface area contributed by atoms with Crippen molar-refractivity contribution in [3.8, 4) is 17.3 Å². The molecule has 62 heavy (non-hydrogen) atoms. The third-order valence-corrected chi connectivity index (χ3v) is 10.1. The van der Waals surface area contributed by atoms with E-state index in [-0.39, 0.29) is 54.8 Å². The lowest BCUT2D eigenvalue weighted by molar-refractivity contribution is -0.135. The molecule has 0 aliphatic rings. The number of pyridine rings is 1. The highest BCUT2D eigenvalue weighted by molar-refractivity contribution is 6.12. The summed E-state index contributed by atoms with van der Waals surface area (Å²) in [5, 5.41) is 13.0. The molecule has 0 aliphatic carbocycles. The minimum Gasteiger partial charge on any atom is -0.491 e. The summed E-state index contributed by atoms with van der Waals surface area (Å²) in [5.74, 6) is 4.55. The maximum Gasteiger partial charge on any atom is 0.333 e. The molecule has 0 saturated carbocycles. The fourth-order valence-corrected chi connectivity index (χ4v) is 7.16. The molecule has 7 aromatic rings. The van der Waals surface area contributed by atoms with Gasteiger partial charge in [-0.25, -0.2) is 25.8 Å². The van der Waals surface area contributed by atoms with Gasteiger partial charge in [0.05, 0.1) is 29.1 Å². The Morgan fingerprint density at radius 3 is 2.31 bits per heavy atom. The number of likely N-dealkylation sites (N-methyl/N-ethyl adjacent to an activating group) is 1. The molecule has 6 heterocycles. The van der Waals surface area contributed by atoms with Gasteiger partial charge in [0.2, 0.25) is 17.8 Å². The summed E-state index contributed by atoms with van der Waals surface area (Å²) in [5.41, 5.74) is 9.87. The van der Waals surface area contributed by atoms with Crippen LogP contribution in [0.1, 0.15) is 62.9 Å². The van der Waals surface area contributed by atoms with Gasteiger partial charge < -0.3 is 19.9 Å². The fourth-order valence-electron chi connectivity index (χ4n) is 7.16. The van der Waals surface area contributed by atoms with E-state index in [4.69, 9.17) is 26.3 Å². The van der Waals surface area contributed by atoms with Crippen LogP contribution >= 0.6 is 0 Å². The number of hydrogen-bond acceptors (Lipinski definition) is 13. The maximum absolute atomic E-state index is 13.7.